The summed E-state index contributed by atoms with van der Waals surface area (Å²) in [6, 6.07) is 21.3. The van der Waals surface area contributed by atoms with Crippen LogP contribution in [-0.2, 0) is 10.0 Å². The van der Waals surface area contributed by atoms with Gasteiger partial charge in [-0.3, -0.25) is 4.79 Å². The number of ether oxygens (including phenoxy) is 1. The Morgan fingerprint density at radius 2 is 1.55 bits per heavy atom. The van der Waals surface area contributed by atoms with E-state index in [2.05, 4.69) is 32.8 Å². The smallest absolute Gasteiger partial charge is 0.256 e. The summed E-state index contributed by atoms with van der Waals surface area (Å²) in [6.45, 7) is 1.91. The van der Waals surface area contributed by atoms with Gasteiger partial charge in [0.2, 0.25) is 10.0 Å². The molecule has 7 nitrogen and oxygen atoms in total. The Balaban J connectivity index is 1.42. The highest BCUT2D eigenvalue weighted by atomic mass is 127. The Kier molecular flexibility index (Phi) is 7.20. The van der Waals surface area contributed by atoms with Crippen LogP contribution in [-0.4, -0.2) is 51.9 Å². The standard InChI is InChI=1S/C24H24IN3O4S/c1-32-23-9-5-4-8-22(23)27-14-16-28(17-15-27)33(30,31)19-12-10-18(11-13-19)26-24(29)20-6-2-3-7-21(20)25/h2-13H,14-17H2,1H3,(H,26,29). The number of para-hydroxylation sites is 2. The molecule has 172 valence electrons. The quantitative estimate of drug-likeness (QED) is 0.448. The number of hydrogen-bond acceptors (Lipinski definition) is 5. The van der Waals surface area contributed by atoms with E-state index < -0.39 is 10.0 Å². The van der Waals surface area contributed by atoms with Crippen LogP contribution in [0.2, 0.25) is 0 Å². The minimum Gasteiger partial charge on any atom is -0.495 e. The Bertz CT molecular complexity index is 1240. The van der Waals surface area contributed by atoms with Gasteiger partial charge in [0, 0.05) is 35.4 Å². The summed E-state index contributed by atoms with van der Waals surface area (Å²) in [4.78, 5) is 14.8. The Hall–Kier alpha value is -2.63. The number of piperazine rings is 1. The maximum Gasteiger partial charge on any atom is 0.256 e. The molecule has 1 aliphatic rings. The van der Waals surface area contributed by atoms with Crippen molar-refractivity contribution in [1.29, 1.82) is 0 Å². The van der Waals surface area contributed by atoms with Crippen molar-refractivity contribution in [3.8, 4) is 5.75 Å². The van der Waals surface area contributed by atoms with E-state index in [1.807, 2.05) is 36.4 Å². The van der Waals surface area contributed by atoms with Gasteiger partial charge < -0.3 is 15.0 Å². The number of methoxy groups -OCH3 is 1. The number of nitrogens with one attached hydrogen (secondary N) is 1. The third-order valence-corrected chi connectivity index (χ3v) is 8.39. The van der Waals surface area contributed by atoms with Gasteiger partial charge in [-0.05, 0) is 71.1 Å². The van der Waals surface area contributed by atoms with E-state index in [4.69, 9.17) is 4.74 Å². The Morgan fingerprint density at radius 3 is 2.21 bits per heavy atom. The SMILES string of the molecule is COc1ccccc1N1CCN(S(=O)(=O)c2ccc(NC(=O)c3ccccc3I)cc2)CC1. The maximum atomic E-state index is 13.1. The summed E-state index contributed by atoms with van der Waals surface area (Å²) in [5.41, 5.74) is 2.08. The van der Waals surface area contributed by atoms with Crippen LogP contribution in [0, 0.1) is 3.57 Å². The second-order valence-corrected chi connectivity index (χ2v) is 10.6. The monoisotopic (exact) mass is 577 g/mol. The van der Waals surface area contributed by atoms with Crippen molar-refractivity contribution in [2.75, 3.05) is 43.5 Å². The molecule has 0 aliphatic carbocycles. The summed E-state index contributed by atoms with van der Waals surface area (Å²) in [5, 5.41) is 2.82. The number of carbonyl (C=O) groups is 1. The molecular weight excluding hydrogens is 553 g/mol. The lowest BCUT2D eigenvalue weighted by Crippen LogP contribution is -2.48. The molecule has 1 fully saturated rings. The third-order valence-electron chi connectivity index (χ3n) is 5.53. The van der Waals surface area contributed by atoms with Gasteiger partial charge in [0.05, 0.1) is 23.3 Å². The average Bonchev–Trinajstić information content (AvgIpc) is 2.84. The zero-order chi connectivity index (χ0) is 23.4. The normalized spacial score (nSPS) is 14.7. The minimum absolute atomic E-state index is 0.209. The second kappa shape index (κ2) is 10.1. The van der Waals surface area contributed by atoms with Crippen molar-refractivity contribution in [3.63, 3.8) is 0 Å². The van der Waals surface area contributed by atoms with E-state index >= 15 is 0 Å². The summed E-state index contributed by atoms with van der Waals surface area (Å²) >= 11 is 2.11. The fourth-order valence-electron chi connectivity index (χ4n) is 3.76. The molecule has 3 aromatic carbocycles. The highest BCUT2D eigenvalue weighted by Gasteiger charge is 2.29. The van der Waals surface area contributed by atoms with Crippen molar-refractivity contribution in [2.45, 2.75) is 4.90 Å². The van der Waals surface area contributed by atoms with E-state index in [1.165, 1.54) is 16.4 Å². The van der Waals surface area contributed by atoms with Crippen molar-refractivity contribution in [2.24, 2.45) is 0 Å². The van der Waals surface area contributed by atoms with Crippen LogP contribution in [0.4, 0.5) is 11.4 Å². The molecule has 1 saturated heterocycles. The molecule has 0 unspecified atom stereocenters. The van der Waals surface area contributed by atoms with Gasteiger partial charge in [0.25, 0.3) is 5.91 Å². The number of benzene rings is 3. The van der Waals surface area contributed by atoms with E-state index in [9.17, 15) is 13.2 Å². The summed E-state index contributed by atoms with van der Waals surface area (Å²) in [5.74, 6) is 0.541. The van der Waals surface area contributed by atoms with E-state index in [0.29, 0.717) is 37.4 Å². The van der Waals surface area contributed by atoms with Gasteiger partial charge in [-0.2, -0.15) is 4.31 Å². The predicted octanol–water partition coefficient (Wildman–Crippen LogP) is 4.06. The highest BCUT2D eigenvalue weighted by Crippen LogP contribution is 2.29. The van der Waals surface area contributed by atoms with Crippen LogP contribution in [0.1, 0.15) is 10.4 Å². The predicted molar refractivity (Wildman–Crippen MR) is 138 cm³/mol. The molecule has 1 aliphatic heterocycles. The molecule has 0 spiro atoms. The topological polar surface area (TPSA) is 79.0 Å². The highest BCUT2D eigenvalue weighted by molar-refractivity contribution is 14.1. The number of anilines is 2. The van der Waals surface area contributed by atoms with Gasteiger partial charge >= 0.3 is 0 Å². The van der Waals surface area contributed by atoms with Crippen LogP contribution in [0.3, 0.4) is 0 Å². The number of hydrogen-bond donors (Lipinski definition) is 1. The van der Waals surface area contributed by atoms with Crippen LogP contribution >= 0.6 is 22.6 Å². The molecule has 0 saturated carbocycles. The van der Waals surface area contributed by atoms with E-state index in [0.717, 1.165) is 15.0 Å². The largest absolute Gasteiger partial charge is 0.495 e. The van der Waals surface area contributed by atoms with Gasteiger partial charge in [0.15, 0.2) is 0 Å². The summed E-state index contributed by atoms with van der Waals surface area (Å²) in [7, 11) is -1.99. The molecule has 0 bridgehead atoms. The van der Waals surface area contributed by atoms with Crippen LogP contribution in [0.25, 0.3) is 0 Å². The molecule has 33 heavy (non-hydrogen) atoms. The molecule has 0 aromatic heterocycles. The van der Waals surface area contributed by atoms with Crippen molar-refractivity contribution in [1.82, 2.24) is 4.31 Å². The van der Waals surface area contributed by atoms with Gasteiger partial charge in [-0.15, -0.1) is 0 Å². The van der Waals surface area contributed by atoms with Crippen LogP contribution in [0.5, 0.6) is 5.75 Å². The van der Waals surface area contributed by atoms with E-state index in [1.54, 1.807) is 31.4 Å². The molecule has 1 amide bonds. The number of sulfonamides is 1. The average molecular weight is 577 g/mol. The summed E-state index contributed by atoms with van der Waals surface area (Å²) < 4.78 is 34.1. The first-order chi connectivity index (χ1) is 15.9. The zero-order valence-corrected chi connectivity index (χ0v) is 21.0. The lowest BCUT2D eigenvalue weighted by Gasteiger charge is -2.35. The van der Waals surface area contributed by atoms with Gasteiger partial charge in [-0.1, -0.05) is 24.3 Å². The molecule has 0 radical (unpaired) electrons. The summed E-state index contributed by atoms with van der Waals surface area (Å²) in [6.07, 6.45) is 0. The van der Waals surface area contributed by atoms with E-state index in [-0.39, 0.29) is 10.8 Å². The molecule has 1 heterocycles. The molecule has 1 N–H and O–H groups in total. The Morgan fingerprint density at radius 1 is 0.909 bits per heavy atom. The fraction of sp³-hybridized carbons (Fsp3) is 0.208. The first kappa shape index (κ1) is 23.5. The number of halogens is 1. The zero-order valence-electron chi connectivity index (χ0n) is 18.1. The number of carbonyl (C=O) groups excluding carboxylic acids is 1. The number of rotatable bonds is 6. The van der Waals surface area contributed by atoms with Gasteiger partial charge in [-0.25, -0.2) is 8.42 Å². The molecule has 3 aromatic rings. The third kappa shape index (κ3) is 5.15. The lowest BCUT2D eigenvalue weighted by atomic mass is 10.2. The van der Waals surface area contributed by atoms with Crippen LogP contribution < -0.4 is 15.0 Å². The molecule has 0 atom stereocenters. The van der Waals surface area contributed by atoms with Gasteiger partial charge in [0.1, 0.15) is 5.75 Å². The first-order valence-corrected chi connectivity index (χ1v) is 13.0. The van der Waals surface area contributed by atoms with Crippen LogP contribution in [0.15, 0.2) is 77.7 Å². The molecule has 4 rings (SSSR count). The Labute approximate surface area is 207 Å². The maximum absolute atomic E-state index is 13.1. The van der Waals surface area contributed by atoms with Crippen molar-refractivity contribution >= 4 is 49.9 Å². The lowest BCUT2D eigenvalue weighted by molar-refractivity contribution is 0.102. The first-order valence-electron chi connectivity index (χ1n) is 10.4. The molecule has 9 heteroatoms. The fourth-order valence-corrected chi connectivity index (χ4v) is 5.82. The number of amides is 1. The number of nitrogens with zero attached hydrogens (tertiary/aromatic N) is 2. The van der Waals surface area contributed by atoms with Crippen molar-refractivity contribution < 1.29 is 17.9 Å². The minimum atomic E-state index is -3.63. The van der Waals surface area contributed by atoms with Crippen molar-refractivity contribution in [3.05, 3.63) is 81.9 Å². The second-order valence-electron chi connectivity index (χ2n) is 7.52. The molecular formula is C24H24IN3O4S.